The number of hydrogen-bond donors (Lipinski definition) is 2. The molecular formula is C19H28ClN3O4. The van der Waals surface area contributed by atoms with Gasteiger partial charge >= 0.3 is 6.03 Å². The molecular weight excluding hydrogens is 370 g/mol. The minimum atomic E-state index is -0.591. The van der Waals surface area contributed by atoms with Crippen molar-refractivity contribution in [1.29, 1.82) is 0 Å². The molecule has 0 spiro atoms. The van der Waals surface area contributed by atoms with Crippen molar-refractivity contribution < 1.29 is 19.1 Å². The molecule has 3 amide bonds. The second kappa shape index (κ2) is 10.3. The van der Waals surface area contributed by atoms with Crippen molar-refractivity contribution in [3.8, 4) is 11.5 Å². The van der Waals surface area contributed by atoms with E-state index in [1.165, 1.54) is 0 Å². The van der Waals surface area contributed by atoms with E-state index in [9.17, 15) is 9.59 Å². The summed E-state index contributed by atoms with van der Waals surface area (Å²) in [5.74, 6) is 0.781. The van der Waals surface area contributed by atoms with Gasteiger partial charge in [-0.2, -0.15) is 0 Å². The first kappa shape index (κ1) is 21.2. The summed E-state index contributed by atoms with van der Waals surface area (Å²) in [6.45, 7) is 5.78. The molecule has 1 aromatic carbocycles. The number of ether oxygens (including phenoxy) is 2. The van der Waals surface area contributed by atoms with Crippen molar-refractivity contribution in [1.82, 2.24) is 10.2 Å². The molecule has 0 saturated carbocycles. The Labute approximate surface area is 165 Å². The summed E-state index contributed by atoms with van der Waals surface area (Å²) in [4.78, 5) is 25.9. The van der Waals surface area contributed by atoms with Crippen molar-refractivity contribution in [2.45, 2.75) is 45.6 Å². The molecule has 1 heterocycles. The first-order valence-corrected chi connectivity index (χ1v) is 9.79. The maximum atomic E-state index is 13.1. The zero-order chi connectivity index (χ0) is 19.8. The summed E-state index contributed by atoms with van der Waals surface area (Å²) in [5, 5.41) is 2.95. The molecule has 2 rings (SSSR count). The summed E-state index contributed by atoms with van der Waals surface area (Å²) in [5.41, 5.74) is 5.61. The van der Waals surface area contributed by atoms with E-state index < -0.39 is 6.03 Å². The van der Waals surface area contributed by atoms with E-state index in [-0.39, 0.29) is 11.9 Å². The lowest BCUT2D eigenvalue weighted by molar-refractivity contribution is 0.0614. The second-order valence-electron chi connectivity index (χ2n) is 6.46. The number of benzene rings is 1. The molecule has 8 heteroatoms. The van der Waals surface area contributed by atoms with Crippen LogP contribution in [0.2, 0.25) is 5.02 Å². The van der Waals surface area contributed by atoms with E-state index in [4.69, 9.17) is 26.8 Å². The van der Waals surface area contributed by atoms with Crippen LogP contribution in [0.3, 0.4) is 0 Å². The predicted octanol–water partition coefficient (Wildman–Crippen LogP) is 3.19. The monoisotopic (exact) mass is 397 g/mol. The zero-order valence-corrected chi connectivity index (χ0v) is 16.7. The van der Waals surface area contributed by atoms with Gasteiger partial charge in [0.25, 0.3) is 5.91 Å². The summed E-state index contributed by atoms with van der Waals surface area (Å²) >= 11 is 6.38. The Hall–Kier alpha value is -2.15. The van der Waals surface area contributed by atoms with Crippen molar-refractivity contribution >= 4 is 23.5 Å². The second-order valence-corrected chi connectivity index (χ2v) is 6.87. The first-order chi connectivity index (χ1) is 13.0. The quantitative estimate of drug-likeness (QED) is 0.704. The Bertz CT molecular complexity index is 669. The molecule has 27 heavy (non-hydrogen) atoms. The third-order valence-corrected chi connectivity index (χ3v) is 4.69. The van der Waals surface area contributed by atoms with Gasteiger partial charge in [-0.1, -0.05) is 18.5 Å². The van der Waals surface area contributed by atoms with Gasteiger partial charge in [-0.25, -0.2) is 4.79 Å². The summed E-state index contributed by atoms with van der Waals surface area (Å²) in [6, 6.07) is 2.61. The van der Waals surface area contributed by atoms with Crippen LogP contribution in [0.5, 0.6) is 11.5 Å². The summed E-state index contributed by atoms with van der Waals surface area (Å²) in [6.07, 6.45) is 3.58. The van der Waals surface area contributed by atoms with E-state index in [2.05, 4.69) is 5.32 Å². The molecule has 1 aliphatic heterocycles. The highest BCUT2D eigenvalue weighted by Crippen LogP contribution is 2.37. The molecule has 1 atom stereocenters. The lowest BCUT2D eigenvalue weighted by atomic mass is 10.0. The maximum absolute atomic E-state index is 13.1. The Morgan fingerprint density at radius 3 is 2.74 bits per heavy atom. The topological polar surface area (TPSA) is 93.9 Å². The Balaban J connectivity index is 2.26. The molecule has 1 fully saturated rings. The SMILES string of the molecule is CCCOc1c(Cl)cc(C(=O)N2CCCC[C@H]2CNC(N)=O)cc1OCC. The lowest BCUT2D eigenvalue weighted by Gasteiger charge is -2.36. The highest BCUT2D eigenvalue weighted by atomic mass is 35.5. The fraction of sp³-hybridized carbons (Fsp3) is 0.579. The average molecular weight is 398 g/mol. The highest BCUT2D eigenvalue weighted by Gasteiger charge is 2.29. The van der Waals surface area contributed by atoms with Gasteiger partial charge in [-0.05, 0) is 44.7 Å². The highest BCUT2D eigenvalue weighted by molar-refractivity contribution is 6.32. The lowest BCUT2D eigenvalue weighted by Crippen LogP contribution is -2.50. The van der Waals surface area contributed by atoms with Crippen LogP contribution in [0.1, 0.15) is 49.9 Å². The van der Waals surface area contributed by atoms with Crippen LogP contribution >= 0.6 is 11.6 Å². The Morgan fingerprint density at radius 2 is 2.07 bits per heavy atom. The van der Waals surface area contributed by atoms with Gasteiger partial charge in [-0.3, -0.25) is 4.79 Å². The minimum Gasteiger partial charge on any atom is -0.490 e. The molecule has 7 nitrogen and oxygen atoms in total. The van der Waals surface area contributed by atoms with Crippen LogP contribution in [-0.2, 0) is 0 Å². The van der Waals surface area contributed by atoms with Crippen LogP contribution in [0.15, 0.2) is 12.1 Å². The number of rotatable bonds is 8. The number of halogens is 1. The number of nitrogens with one attached hydrogen (secondary N) is 1. The van der Waals surface area contributed by atoms with Crippen LogP contribution in [0.4, 0.5) is 4.79 Å². The van der Waals surface area contributed by atoms with Crippen LogP contribution < -0.4 is 20.5 Å². The van der Waals surface area contributed by atoms with Gasteiger partial charge in [-0.15, -0.1) is 0 Å². The van der Waals surface area contributed by atoms with Crippen molar-refractivity contribution in [2.75, 3.05) is 26.3 Å². The van der Waals surface area contributed by atoms with Gasteiger partial charge in [0.05, 0.1) is 18.2 Å². The van der Waals surface area contributed by atoms with Crippen molar-refractivity contribution in [3.05, 3.63) is 22.7 Å². The summed E-state index contributed by atoms with van der Waals surface area (Å²) < 4.78 is 11.3. The molecule has 150 valence electrons. The molecule has 0 aliphatic carbocycles. The molecule has 0 unspecified atom stereocenters. The molecule has 0 bridgehead atoms. The number of primary amides is 1. The molecule has 0 radical (unpaired) electrons. The Kier molecular flexibility index (Phi) is 8.03. The minimum absolute atomic E-state index is 0.0934. The van der Waals surface area contributed by atoms with E-state index >= 15 is 0 Å². The maximum Gasteiger partial charge on any atom is 0.312 e. The third kappa shape index (κ3) is 5.66. The number of carbonyl (C=O) groups is 2. The standard InChI is InChI=1S/C19H28ClN3O4/c1-3-9-27-17-15(20)10-13(11-16(17)26-4-2)18(24)23-8-6-5-7-14(23)12-22-19(21)25/h10-11,14H,3-9,12H2,1-2H3,(H3,21,22,25)/t14-/m0/s1. The van der Waals surface area contributed by atoms with Gasteiger partial charge in [0.1, 0.15) is 0 Å². The molecule has 3 N–H and O–H groups in total. The predicted molar refractivity (Wildman–Crippen MR) is 105 cm³/mol. The van der Waals surface area contributed by atoms with Crippen molar-refractivity contribution in [3.63, 3.8) is 0 Å². The van der Waals surface area contributed by atoms with E-state index in [1.807, 2.05) is 13.8 Å². The van der Waals surface area contributed by atoms with Gasteiger partial charge in [0, 0.05) is 24.7 Å². The molecule has 1 saturated heterocycles. The third-order valence-electron chi connectivity index (χ3n) is 4.41. The van der Waals surface area contributed by atoms with E-state index in [1.54, 1.807) is 17.0 Å². The van der Waals surface area contributed by atoms with Crippen LogP contribution in [0, 0.1) is 0 Å². The normalized spacial score (nSPS) is 16.7. The summed E-state index contributed by atoms with van der Waals surface area (Å²) in [7, 11) is 0. The van der Waals surface area contributed by atoms with Crippen molar-refractivity contribution in [2.24, 2.45) is 5.73 Å². The number of carbonyl (C=O) groups excluding carboxylic acids is 2. The van der Waals surface area contributed by atoms with Crippen LogP contribution in [-0.4, -0.2) is 49.2 Å². The number of nitrogens with zero attached hydrogens (tertiary/aromatic N) is 1. The first-order valence-electron chi connectivity index (χ1n) is 9.41. The number of piperidine rings is 1. The molecule has 1 aliphatic rings. The zero-order valence-electron chi connectivity index (χ0n) is 15.9. The Morgan fingerprint density at radius 1 is 1.30 bits per heavy atom. The number of hydrogen-bond acceptors (Lipinski definition) is 4. The fourth-order valence-electron chi connectivity index (χ4n) is 3.16. The number of urea groups is 1. The largest absolute Gasteiger partial charge is 0.490 e. The molecule has 1 aromatic rings. The van der Waals surface area contributed by atoms with Crippen LogP contribution in [0.25, 0.3) is 0 Å². The smallest absolute Gasteiger partial charge is 0.312 e. The fourth-order valence-corrected chi connectivity index (χ4v) is 3.43. The van der Waals surface area contributed by atoms with Gasteiger partial charge in [0.15, 0.2) is 11.5 Å². The van der Waals surface area contributed by atoms with Gasteiger partial charge < -0.3 is 25.4 Å². The number of likely N-dealkylation sites (tertiary alicyclic amines) is 1. The average Bonchev–Trinajstić information content (AvgIpc) is 2.65. The van der Waals surface area contributed by atoms with Gasteiger partial charge in [0.2, 0.25) is 0 Å². The number of nitrogens with two attached hydrogens (primary N) is 1. The van der Waals surface area contributed by atoms with E-state index in [0.29, 0.717) is 48.4 Å². The number of amides is 3. The van der Waals surface area contributed by atoms with E-state index in [0.717, 1.165) is 25.7 Å². The molecule has 0 aromatic heterocycles.